The van der Waals surface area contributed by atoms with Gasteiger partial charge in [0, 0.05) is 18.8 Å². The van der Waals surface area contributed by atoms with E-state index in [-0.39, 0.29) is 6.61 Å². The average molecular weight is 384 g/mol. The largest absolute Gasteiger partial charge is 0.444 e. The lowest BCUT2D eigenvalue weighted by atomic mass is 9.90. The molecule has 136 valence electrons. The van der Waals surface area contributed by atoms with Gasteiger partial charge in [0.25, 0.3) is 0 Å². The normalized spacial score (nSPS) is 24.8. The Morgan fingerprint density at radius 2 is 2.00 bits per heavy atom. The van der Waals surface area contributed by atoms with Crippen LogP contribution in [0, 0.1) is 5.92 Å². The van der Waals surface area contributed by atoms with Crippen LogP contribution in [-0.2, 0) is 21.1 Å². The van der Waals surface area contributed by atoms with Gasteiger partial charge < -0.3 is 19.1 Å². The molecule has 0 aliphatic heterocycles. The summed E-state index contributed by atoms with van der Waals surface area (Å²) in [4.78, 5) is 23.6. The van der Waals surface area contributed by atoms with Gasteiger partial charge in [-0.15, -0.1) is 0 Å². The van der Waals surface area contributed by atoms with Gasteiger partial charge >= 0.3 is 6.09 Å². The maximum absolute atomic E-state index is 11.8. The van der Waals surface area contributed by atoms with Crippen LogP contribution in [0.15, 0.2) is 0 Å². The van der Waals surface area contributed by atoms with E-state index in [0.29, 0.717) is 17.7 Å². The van der Waals surface area contributed by atoms with Crippen molar-refractivity contribution in [3.05, 3.63) is 0 Å². The Morgan fingerprint density at radius 3 is 2.57 bits per heavy atom. The highest BCUT2D eigenvalue weighted by molar-refractivity contribution is 8.67. The predicted molar refractivity (Wildman–Crippen MR) is 100 cm³/mol. The van der Waals surface area contributed by atoms with Crippen molar-refractivity contribution in [3.8, 4) is 0 Å². The quantitative estimate of drug-likeness (QED) is 0.686. The predicted octanol–water partition coefficient (Wildman–Crippen LogP) is 4.40. The van der Waals surface area contributed by atoms with Crippen LogP contribution < -0.4 is 0 Å². The molecule has 0 aromatic rings. The minimum atomic E-state index is -2.85. The monoisotopic (exact) mass is 383 g/mol. The molecule has 0 saturated heterocycles. The second-order valence-electron chi connectivity index (χ2n) is 7.11. The molecule has 0 bridgehead atoms. The molecule has 23 heavy (non-hydrogen) atoms. The van der Waals surface area contributed by atoms with Crippen LogP contribution in [-0.4, -0.2) is 46.9 Å². The Kier molecular flexibility index (Phi) is 8.35. The summed E-state index contributed by atoms with van der Waals surface area (Å²) in [6, 6.07) is 0. The first-order chi connectivity index (χ1) is 10.5. The first kappa shape index (κ1) is 21.2. The summed E-state index contributed by atoms with van der Waals surface area (Å²) in [5.41, 5.74) is -3.38. The van der Waals surface area contributed by atoms with E-state index in [4.69, 9.17) is 21.1 Å². The highest BCUT2D eigenvalue weighted by Gasteiger charge is 2.28. The second kappa shape index (κ2) is 9.04. The molecule has 8 heteroatoms. The molecule has 1 amide bonds. The number of nitrogens with zero attached hydrogens (tertiary/aromatic N) is 1. The van der Waals surface area contributed by atoms with E-state index >= 15 is 0 Å². The Balaban J connectivity index is 2.35. The molecule has 1 aliphatic rings. The number of ether oxygens (including phenoxy) is 1. The van der Waals surface area contributed by atoms with E-state index in [1.807, 2.05) is 20.8 Å². The molecule has 0 heterocycles. The van der Waals surface area contributed by atoms with E-state index in [0.717, 1.165) is 6.42 Å². The van der Waals surface area contributed by atoms with Gasteiger partial charge in [-0.3, -0.25) is 0 Å². The van der Waals surface area contributed by atoms with Crippen LogP contribution in [0.25, 0.3) is 0 Å². The van der Waals surface area contributed by atoms with E-state index in [1.54, 1.807) is 7.05 Å². The van der Waals surface area contributed by atoms with E-state index in [9.17, 15) is 9.69 Å². The number of carbonyl (C=O) groups is 1. The smallest absolute Gasteiger partial charge is 0.410 e. The lowest BCUT2D eigenvalue weighted by Crippen LogP contribution is -2.35. The highest BCUT2D eigenvalue weighted by Crippen LogP contribution is 2.60. The first-order valence-corrected chi connectivity index (χ1v) is 12.3. The summed E-state index contributed by atoms with van der Waals surface area (Å²) in [6.45, 7) is 8.24. The summed E-state index contributed by atoms with van der Waals surface area (Å²) in [5, 5.41) is 0.378. The Hall–Kier alpha value is 0.190. The molecular formula is C15H30NO4PS2. The molecule has 1 rings (SSSR count). The number of amides is 1. The van der Waals surface area contributed by atoms with E-state index < -0.39 is 17.4 Å². The maximum Gasteiger partial charge on any atom is 0.410 e. The van der Waals surface area contributed by atoms with Gasteiger partial charge in [-0.05, 0) is 51.3 Å². The fourth-order valence-electron chi connectivity index (χ4n) is 2.36. The lowest BCUT2D eigenvalue weighted by molar-refractivity contribution is 0.0279. The average Bonchev–Trinajstić information content (AvgIpc) is 2.39. The van der Waals surface area contributed by atoms with E-state index in [1.165, 1.54) is 35.5 Å². The SMILES string of the molecule is CC1CCCCC1SP(O)(=S)OCCN(C)C(=O)OC(C)(C)C. The molecule has 1 saturated carbocycles. The molecule has 0 spiro atoms. The Labute approximate surface area is 149 Å². The maximum atomic E-state index is 11.8. The van der Waals surface area contributed by atoms with Crippen LogP contribution in [0.2, 0.25) is 0 Å². The number of rotatable bonds is 6. The summed E-state index contributed by atoms with van der Waals surface area (Å²) in [7, 11) is 1.65. The van der Waals surface area contributed by atoms with E-state index in [2.05, 4.69) is 6.92 Å². The van der Waals surface area contributed by atoms with Gasteiger partial charge in [0.2, 0.25) is 5.69 Å². The number of carbonyl (C=O) groups excluding carboxylic acids is 1. The van der Waals surface area contributed by atoms with Crippen molar-refractivity contribution in [2.75, 3.05) is 20.2 Å². The van der Waals surface area contributed by atoms with Gasteiger partial charge in [-0.2, -0.15) is 0 Å². The van der Waals surface area contributed by atoms with Crippen LogP contribution in [0.4, 0.5) is 4.79 Å². The van der Waals surface area contributed by atoms with Gasteiger partial charge in [0.15, 0.2) is 0 Å². The molecule has 3 atom stereocenters. The third-order valence-electron chi connectivity index (χ3n) is 3.69. The fourth-order valence-corrected chi connectivity index (χ4v) is 7.29. The van der Waals surface area contributed by atoms with Crippen molar-refractivity contribution in [1.29, 1.82) is 0 Å². The summed E-state index contributed by atoms with van der Waals surface area (Å²) in [6.07, 6.45) is 4.33. The lowest BCUT2D eigenvalue weighted by Gasteiger charge is -2.30. The van der Waals surface area contributed by atoms with Crippen molar-refractivity contribution in [2.24, 2.45) is 5.92 Å². The zero-order chi connectivity index (χ0) is 17.7. The van der Waals surface area contributed by atoms with Gasteiger partial charge in [-0.1, -0.05) is 31.1 Å². The van der Waals surface area contributed by atoms with Crippen molar-refractivity contribution < 1.29 is 18.9 Å². The molecule has 1 aliphatic carbocycles. The number of hydrogen-bond donors (Lipinski definition) is 1. The van der Waals surface area contributed by atoms with Crippen molar-refractivity contribution in [3.63, 3.8) is 0 Å². The van der Waals surface area contributed by atoms with Gasteiger partial charge in [0.05, 0.1) is 6.61 Å². The minimum absolute atomic E-state index is 0.220. The molecule has 0 radical (unpaired) electrons. The highest BCUT2D eigenvalue weighted by atomic mass is 32.9. The Bertz CT molecular complexity index is 442. The van der Waals surface area contributed by atoms with Crippen LogP contribution in [0.5, 0.6) is 0 Å². The van der Waals surface area contributed by atoms with Crippen LogP contribution >= 0.6 is 17.1 Å². The zero-order valence-corrected chi connectivity index (χ0v) is 17.3. The number of likely N-dealkylation sites (N-methyl/N-ethyl adjacent to an activating group) is 1. The first-order valence-electron chi connectivity index (χ1n) is 8.10. The van der Waals surface area contributed by atoms with Crippen LogP contribution in [0.3, 0.4) is 0 Å². The number of hydrogen-bond acceptors (Lipinski definition) is 5. The van der Waals surface area contributed by atoms with Crippen molar-refractivity contribution >= 4 is 35.0 Å². The summed E-state index contributed by atoms with van der Waals surface area (Å²) < 4.78 is 10.8. The third kappa shape index (κ3) is 8.73. The van der Waals surface area contributed by atoms with Crippen molar-refractivity contribution in [2.45, 2.75) is 64.2 Å². The summed E-state index contributed by atoms with van der Waals surface area (Å²) in [5.74, 6) is 0.566. The molecule has 0 aromatic carbocycles. The van der Waals surface area contributed by atoms with Gasteiger partial charge in [0.1, 0.15) is 5.60 Å². The Morgan fingerprint density at radius 1 is 1.39 bits per heavy atom. The van der Waals surface area contributed by atoms with Gasteiger partial charge in [-0.25, -0.2) is 4.79 Å². The molecule has 5 nitrogen and oxygen atoms in total. The molecule has 1 N–H and O–H groups in total. The zero-order valence-electron chi connectivity index (χ0n) is 14.8. The second-order valence-corrected chi connectivity index (χ2v) is 13.4. The molecule has 3 unspecified atom stereocenters. The summed E-state index contributed by atoms with van der Waals surface area (Å²) >= 11 is 6.68. The van der Waals surface area contributed by atoms with Crippen LogP contribution in [0.1, 0.15) is 53.4 Å². The molecule has 0 aromatic heterocycles. The van der Waals surface area contributed by atoms with Crippen molar-refractivity contribution in [1.82, 2.24) is 4.90 Å². The standard InChI is InChI=1S/C15H30NO4PS2/c1-12-8-6-7-9-13(12)23-21(18,22)19-11-10-16(5)14(17)20-15(2,3)4/h12-13H,6-11H2,1-5H3,(H,18,22). The minimum Gasteiger partial charge on any atom is -0.444 e. The topological polar surface area (TPSA) is 59.0 Å². The molecule has 1 fully saturated rings. The molecular weight excluding hydrogens is 353 g/mol. The fraction of sp³-hybridized carbons (Fsp3) is 0.933. The third-order valence-corrected chi connectivity index (χ3v) is 8.45.